The summed E-state index contributed by atoms with van der Waals surface area (Å²) in [6, 6.07) is 4.47. The lowest BCUT2D eigenvalue weighted by Crippen LogP contribution is -2.35. The maximum atomic E-state index is 11.9. The van der Waals surface area contributed by atoms with Crippen LogP contribution in [0.5, 0.6) is 11.5 Å². The molecule has 19 heavy (non-hydrogen) atoms. The molecular formula is C13H19NO5. The van der Waals surface area contributed by atoms with Gasteiger partial charge in [0, 0.05) is 20.8 Å². The van der Waals surface area contributed by atoms with Gasteiger partial charge < -0.3 is 24.6 Å². The Bertz CT molecular complexity index is 421. The Balaban J connectivity index is 2.67. The minimum absolute atomic E-state index is 0.0981. The molecule has 6 heteroatoms. The van der Waals surface area contributed by atoms with Gasteiger partial charge in [0.25, 0.3) is 5.91 Å². The number of benzene rings is 1. The molecule has 1 aromatic carbocycles. The van der Waals surface area contributed by atoms with E-state index in [1.54, 1.807) is 20.3 Å². The zero-order valence-corrected chi connectivity index (χ0v) is 11.3. The van der Waals surface area contributed by atoms with E-state index in [4.69, 9.17) is 14.2 Å². The van der Waals surface area contributed by atoms with Crippen molar-refractivity contribution in [3.63, 3.8) is 0 Å². The van der Waals surface area contributed by atoms with Gasteiger partial charge >= 0.3 is 0 Å². The van der Waals surface area contributed by atoms with Gasteiger partial charge in [0.1, 0.15) is 11.5 Å². The third kappa shape index (κ3) is 4.42. The minimum Gasteiger partial charge on any atom is -0.507 e. The molecule has 6 nitrogen and oxygen atoms in total. The molecule has 0 aliphatic heterocycles. The first kappa shape index (κ1) is 15.3. The van der Waals surface area contributed by atoms with Crippen LogP contribution in [-0.4, -0.2) is 51.6 Å². The normalized spacial score (nSPS) is 11.9. The van der Waals surface area contributed by atoms with Gasteiger partial charge in [0.05, 0.1) is 25.4 Å². The Labute approximate surface area is 112 Å². The minimum atomic E-state index is -0.394. The fourth-order valence-electron chi connectivity index (χ4n) is 1.52. The van der Waals surface area contributed by atoms with Gasteiger partial charge in [-0.05, 0) is 18.2 Å². The molecule has 0 radical (unpaired) electrons. The summed E-state index contributed by atoms with van der Waals surface area (Å²) in [5.41, 5.74) is 0.159. The predicted molar refractivity (Wildman–Crippen MR) is 69.7 cm³/mol. The van der Waals surface area contributed by atoms with Crippen LogP contribution in [0.2, 0.25) is 0 Å². The molecule has 0 spiro atoms. The zero-order valence-electron chi connectivity index (χ0n) is 11.3. The van der Waals surface area contributed by atoms with Crippen molar-refractivity contribution in [1.29, 1.82) is 0 Å². The van der Waals surface area contributed by atoms with Crippen molar-refractivity contribution in [2.24, 2.45) is 0 Å². The lowest BCUT2D eigenvalue weighted by atomic mass is 10.1. The van der Waals surface area contributed by atoms with Gasteiger partial charge in [-0.15, -0.1) is 0 Å². The number of hydrogen-bond donors (Lipinski definition) is 2. The van der Waals surface area contributed by atoms with Crippen LogP contribution < -0.4 is 10.1 Å². The summed E-state index contributed by atoms with van der Waals surface area (Å²) in [7, 11) is 4.59. The van der Waals surface area contributed by atoms with Crippen LogP contribution in [0.25, 0.3) is 0 Å². The van der Waals surface area contributed by atoms with Crippen molar-refractivity contribution in [2.75, 3.05) is 34.5 Å². The van der Waals surface area contributed by atoms with E-state index in [1.165, 1.54) is 19.2 Å². The molecule has 1 atom stereocenters. The Morgan fingerprint density at radius 1 is 1.37 bits per heavy atom. The summed E-state index contributed by atoms with van der Waals surface area (Å²) in [5.74, 6) is 0.0108. The summed E-state index contributed by atoms with van der Waals surface area (Å²) in [6.07, 6.45) is -0.235. The maximum Gasteiger partial charge on any atom is 0.255 e. The average molecular weight is 269 g/mol. The first-order valence-corrected chi connectivity index (χ1v) is 5.79. The highest BCUT2D eigenvalue weighted by molar-refractivity contribution is 5.97. The molecule has 106 valence electrons. The van der Waals surface area contributed by atoms with Crippen molar-refractivity contribution in [2.45, 2.75) is 6.10 Å². The maximum absolute atomic E-state index is 11.9. The van der Waals surface area contributed by atoms with E-state index in [9.17, 15) is 9.90 Å². The van der Waals surface area contributed by atoms with Crippen molar-refractivity contribution >= 4 is 5.91 Å². The molecule has 1 amide bonds. The number of carbonyl (C=O) groups excluding carboxylic acids is 1. The van der Waals surface area contributed by atoms with Crippen LogP contribution in [0.3, 0.4) is 0 Å². The molecule has 0 saturated carbocycles. The Morgan fingerprint density at radius 3 is 2.68 bits per heavy atom. The Hall–Kier alpha value is -1.79. The van der Waals surface area contributed by atoms with Crippen molar-refractivity contribution < 1.29 is 24.1 Å². The number of nitrogens with one attached hydrogen (secondary N) is 1. The Kier molecular flexibility index (Phi) is 6.11. The molecule has 2 N–H and O–H groups in total. The number of hydrogen-bond acceptors (Lipinski definition) is 5. The van der Waals surface area contributed by atoms with Crippen LogP contribution in [0, 0.1) is 0 Å². The van der Waals surface area contributed by atoms with Crippen LogP contribution >= 0.6 is 0 Å². The molecule has 0 aliphatic carbocycles. The highest BCUT2D eigenvalue weighted by atomic mass is 16.5. The monoisotopic (exact) mass is 269 g/mol. The van der Waals surface area contributed by atoms with E-state index in [1.807, 2.05) is 0 Å². The molecule has 0 saturated heterocycles. The second-order valence-electron chi connectivity index (χ2n) is 3.91. The van der Waals surface area contributed by atoms with Gasteiger partial charge in [0.2, 0.25) is 0 Å². The second kappa shape index (κ2) is 7.60. The number of rotatable bonds is 7. The summed E-state index contributed by atoms with van der Waals surface area (Å²) in [5, 5.41) is 12.3. The molecule has 0 aliphatic rings. The van der Waals surface area contributed by atoms with E-state index in [0.717, 1.165) is 0 Å². The lowest BCUT2D eigenvalue weighted by Gasteiger charge is -2.15. The topological polar surface area (TPSA) is 77.0 Å². The van der Waals surface area contributed by atoms with Crippen LogP contribution in [0.1, 0.15) is 10.4 Å². The number of phenolic OH excluding ortho intramolecular Hbond substituents is 1. The molecule has 1 aromatic rings. The SMILES string of the molecule is COCC(CNC(=O)c1cc(OC)ccc1O)OC. The quantitative estimate of drug-likeness (QED) is 0.765. The van der Waals surface area contributed by atoms with E-state index < -0.39 is 5.91 Å². The van der Waals surface area contributed by atoms with Gasteiger partial charge in [-0.3, -0.25) is 4.79 Å². The van der Waals surface area contributed by atoms with Crippen LogP contribution in [0.15, 0.2) is 18.2 Å². The number of ether oxygens (including phenoxy) is 3. The summed E-state index contributed by atoms with van der Waals surface area (Å²) in [6.45, 7) is 0.667. The number of phenols is 1. The highest BCUT2D eigenvalue weighted by Crippen LogP contribution is 2.22. The smallest absolute Gasteiger partial charge is 0.255 e. The fourth-order valence-corrected chi connectivity index (χ4v) is 1.52. The molecule has 0 fully saturated rings. The van der Waals surface area contributed by atoms with Crippen molar-refractivity contribution in [3.8, 4) is 11.5 Å². The lowest BCUT2D eigenvalue weighted by molar-refractivity contribution is 0.0285. The second-order valence-corrected chi connectivity index (χ2v) is 3.91. The van der Waals surface area contributed by atoms with E-state index in [-0.39, 0.29) is 17.4 Å². The predicted octanol–water partition coefficient (Wildman–Crippen LogP) is 0.792. The van der Waals surface area contributed by atoms with Gasteiger partial charge in [-0.2, -0.15) is 0 Å². The van der Waals surface area contributed by atoms with Gasteiger partial charge in [-0.1, -0.05) is 0 Å². The van der Waals surface area contributed by atoms with E-state index >= 15 is 0 Å². The highest BCUT2D eigenvalue weighted by Gasteiger charge is 2.14. The standard InChI is InChI=1S/C13H19NO5/c1-17-8-10(19-3)7-14-13(16)11-6-9(18-2)4-5-12(11)15/h4-6,10,15H,7-8H2,1-3H3,(H,14,16). The van der Waals surface area contributed by atoms with Gasteiger partial charge in [0.15, 0.2) is 0 Å². The third-order valence-electron chi connectivity index (χ3n) is 2.62. The fraction of sp³-hybridized carbons (Fsp3) is 0.462. The molecule has 0 heterocycles. The van der Waals surface area contributed by atoms with E-state index in [0.29, 0.717) is 18.9 Å². The number of aromatic hydroxyl groups is 1. The summed E-state index contributed by atoms with van der Waals surface area (Å²) in [4.78, 5) is 11.9. The largest absolute Gasteiger partial charge is 0.507 e. The number of amides is 1. The molecule has 1 unspecified atom stereocenters. The molecular weight excluding hydrogens is 250 g/mol. The molecule has 1 rings (SSSR count). The summed E-state index contributed by atoms with van der Waals surface area (Å²) < 4.78 is 15.1. The number of carbonyl (C=O) groups is 1. The molecule has 0 aromatic heterocycles. The Morgan fingerprint density at radius 2 is 2.11 bits per heavy atom. The first-order valence-electron chi connectivity index (χ1n) is 5.79. The average Bonchev–Trinajstić information content (AvgIpc) is 2.43. The van der Waals surface area contributed by atoms with Gasteiger partial charge in [-0.25, -0.2) is 0 Å². The molecule has 0 bridgehead atoms. The summed E-state index contributed by atoms with van der Waals surface area (Å²) >= 11 is 0. The van der Waals surface area contributed by atoms with Crippen molar-refractivity contribution in [1.82, 2.24) is 5.32 Å². The van der Waals surface area contributed by atoms with Crippen LogP contribution in [0.4, 0.5) is 0 Å². The van der Waals surface area contributed by atoms with Crippen molar-refractivity contribution in [3.05, 3.63) is 23.8 Å². The third-order valence-corrected chi connectivity index (χ3v) is 2.62. The zero-order chi connectivity index (χ0) is 14.3. The number of methoxy groups -OCH3 is 3. The van der Waals surface area contributed by atoms with Crippen LogP contribution in [-0.2, 0) is 9.47 Å². The first-order chi connectivity index (χ1) is 9.12. The van der Waals surface area contributed by atoms with E-state index in [2.05, 4.69) is 5.32 Å².